The van der Waals surface area contributed by atoms with Crippen molar-refractivity contribution >= 4 is 11.8 Å². The van der Waals surface area contributed by atoms with Crippen molar-refractivity contribution in [2.75, 3.05) is 20.3 Å². The van der Waals surface area contributed by atoms with Crippen LogP contribution in [0.15, 0.2) is 12.4 Å². The molecule has 0 spiro atoms. The first kappa shape index (κ1) is 21.4. The van der Waals surface area contributed by atoms with Gasteiger partial charge in [0.05, 0.1) is 25.4 Å². The third kappa shape index (κ3) is 5.54. The van der Waals surface area contributed by atoms with E-state index < -0.39 is 0 Å². The maximum Gasteiger partial charge on any atom is 0.223 e. The maximum absolute atomic E-state index is 12.8. The van der Waals surface area contributed by atoms with Crippen molar-refractivity contribution in [3.05, 3.63) is 18.0 Å². The first-order chi connectivity index (χ1) is 12.6. The SMILES string of the molecule is COCCn1cc([C@H]2[C@H](CNC(=O)CC(C)C)CC(=O)N2C(C)(C)C)cn1. The van der Waals surface area contributed by atoms with Gasteiger partial charge in [-0.2, -0.15) is 5.10 Å². The van der Waals surface area contributed by atoms with E-state index in [1.165, 1.54) is 0 Å². The Morgan fingerprint density at radius 1 is 1.41 bits per heavy atom. The molecule has 7 heteroatoms. The van der Waals surface area contributed by atoms with Crippen LogP contribution in [0.1, 0.15) is 59.1 Å². The van der Waals surface area contributed by atoms with E-state index in [9.17, 15) is 9.59 Å². The highest BCUT2D eigenvalue weighted by Crippen LogP contribution is 2.42. The van der Waals surface area contributed by atoms with Gasteiger partial charge in [-0.25, -0.2) is 0 Å². The van der Waals surface area contributed by atoms with Crippen LogP contribution in [-0.2, 0) is 20.9 Å². The number of rotatable bonds is 8. The highest BCUT2D eigenvalue weighted by molar-refractivity contribution is 5.81. The van der Waals surface area contributed by atoms with E-state index in [0.29, 0.717) is 38.5 Å². The molecule has 1 N–H and O–H groups in total. The molecule has 1 aliphatic heterocycles. The van der Waals surface area contributed by atoms with Crippen LogP contribution in [0.25, 0.3) is 0 Å². The topological polar surface area (TPSA) is 76.5 Å². The number of hydrogen-bond acceptors (Lipinski definition) is 4. The zero-order chi connectivity index (χ0) is 20.2. The third-order valence-electron chi connectivity index (χ3n) is 4.83. The number of nitrogens with one attached hydrogen (secondary N) is 1. The molecule has 1 fully saturated rings. The van der Waals surface area contributed by atoms with Crippen molar-refractivity contribution in [1.82, 2.24) is 20.0 Å². The van der Waals surface area contributed by atoms with Crippen LogP contribution in [0.2, 0.25) is 0 Å². The summed E-state index contributed by atoms with van der Waals surface area (Å²) >= 11 is 0. The Balaban J connectivity index is 2.20. The summed E-state index contributed by atoms with van der Waals surface area (Å²) in [5.74, 6) is 0.519. The molecule has 152 valence electrons. The minimum atomic E-state index is -0.299. The molecular weight excluding hydrogens is 344 g/mol. The molecule has 2 atom stereocenters. The van der Waals surface area contributed by atoms with Crippen LogP contribution in [0.3, 0.4) is 0 Å². The molecule has 0 aliphatic carbocycles. The van der Waals surface area contributed by atoms with Gasteiger partial charge >= 0.3 is 0 Å². The molecule has 27 heavy (non-hydrogen) atoms. The van der Waals surface area contributed by atoms with Gasteiger partial charge in [0.1, 0.15) is 0 Å². The first-order valence-corrected chi connectivity index (χ1v) is 9.73. The summed E-state index contributed by atoms with van der Waals surface area (Å²) in [7, 11) is 1.66. The van der Waals surface area contributed by atoms with Crippen molar-refractivity contribution in [2.24, 2.45) is 11.8 Å². The Morgan fingerprint density at radius 2 is 2.11 bits per heavy atom. The number of nitrogens with zero attached hydrogens (tertiary/aromatic N) is 3. The Hall–Kier alpha value is -1.89. The van der Waals surface area contributed by atoms with Gasteiger partial charge in [-0.15, -0.1) is 0 Å². The predicted octanol–water partition coefficient (Wildman–Crippen LogP) is 2.38. The van der Waals surface area contributed by atoms with Crippen LogP contribution >= 0.6 is 0 Å². The summed E-state index contributed by atoms with van der Waals surface area (Å²) in [6.45, 7) is 11.9. The number of carbonyl (C=O) groups is 2. The fourth-order valence-electron chi connectivity index (χ4n) is 3.72. The second-order valence-corrected chi connectivity index (χ2v) is 8.78. The average molecular weight is 379 g/mol. The van der Waals surface area contributed by atoms with Crippen molar-refractivity contribution in [1.29, 1.82) is 0 Å². The van der Waals surface area contributed by atoms with E-state index in [1.807, 2.05) is 56.6 Å². The molecule has 1 aromatic rings. The highest BCUT2D eigenvalue weighted by Gasteiger charge is 2.45. The molecule has 1 aromatic heterocycles. The number of likely N-dealkylation sites (tertiary alicyclic amines) is 1. The van der Waals surface area contributed by atoms with Crippen molar-refractivity contribution in [3.63, 3.8) is 0 Å². The van der Waals surface area contributed by atoms with E-state index in [1.54, 1.807) is 7.11 Å². The van der Waals surface area contributed by atoms with E-state index in [2.05, 4.69) is 10.4 Å². The molecule has 0 aromatic carbocycles. The summed E-state index contributed by atoms with van der Waals surface area (Å²) in [4.78, 5) is 26.8. The molecule has 0 radical (unpaired) electrons. The average Bonchev–Trinajstić information content (AvgIpc) is 3.13. The van der Waals surface area contributed by atoms with Crippen molar-refractivity contribution in [3.8, 4) is 0 Å². The number of hydrogen-bond donors (Lipinski definition) is 1. The number of amides is 2. The molecule has 2 heterocycles. The van der Waals surface area contributed by atoms with Crippen LogP contribution < -0.4 is 5.32 Å². The van der Waals surface area contributed by atoms with Gasteiger partial charge in [0.2, 0.25) is 11.8 Å². The predicted molar refractivity (Wildman–Crippen MR) is 104 cm³/mol. The number of carbonyl (C=O) groups excluding carboxylic acids is 2. The van der Waals surface area contributed by atoms with Crippen LogP contribution in [0, 0.1) is 11.8 Å². The molecule has 7 nitrogen and oxygen atoms in total. The number of methoxy groups -OCH3 is 1. The van der Waals surface area contributed by atoms with Gasteiger partial charge in [0.15, 0.2) is 0 Å². The molecule has 0 saturated carbocycles. The number of aromatic nitrogens is 2. The molecule has 0 unspecified atom stereocenters. The molecule has 0 bridgehead atoms. The lowest BCUT2D eigenvalue weighted by Crippen LogP contribution is -2.44. The molecule has 1 saturated heterocycles. The minimum absolute atomic E-state index is 0.0351. The van der Waals surface area contributed by atoms with Crippen LogP contribution in [0.4, 0.5) is 0 Å². The lowest BCUT2D eigenvalue weighted by Gasteiger charge is -2.38. The fraction of sp³-hybridized carbons (Fsp3) is 0.750. The third-order valence-corrected chi connectivity index (χ3v) is 4.83. The van der Waals surface area contributed by atoms with Crippen LogP contribution in [0.5, 0.6) is 0 Å². The van der Waals surface area contributed by atoms with E-state index in [0.717, 1.165) is 5.56 Å². The molecule has 2 rings (SSSR count). The quantitative estimate of drug-likeness (QED) is 0.753. The lowest BCUT2D eigenvalue weighted by molar-refractivity contribution is -0.133. The van der Waals surface area contributed by atoms with Gasteiger partial charge in [-0.1, -0.05) is 13.8 Å². The fourth-order valence-corrected chi connectivity index (χ4v) is 3.72. The second kappa shape index (κ2) is 8.87. The van der Waals surface area contributed by atoms with E-state index in [-0.39, 0.29) is 29.3 Å². The van der Waals surface area contributed by atoms with Crippen molar-refractivity contribution < 1.29 is 14.3 Å². The summed E-state index contributed by atoms with van der Waals surface area (Å²) in [6, 6.07) is -0.0897. The van der Waals surface area contributed by atoms with Gasteiger partial charge in [-0.3, -0.25) is 14.3 Å². The standard InChI is InChI=1S/C20H34N4O3/c1-14(2)9-17(25)21-11-15-10-18(26)24(20(3,4)5)19(15)16-12-22-23(13-16)7-8-27-6/h12-15,19H,7-11H2,1-6H3,(H,21,25)/t15-,19+/m0/s1. The summed E-state index contributed by atoms with van der Waals surface area (Å²) in [5, 5.41) is 7.44. The Morgan fingerprint density at radius 3 is 2.70 bits per heavy atom. The normalized spacial score (nSPS) is 20.6. The highest BCUT2D eigenvalue weighted by atomic mass is 16.5. The van der Waals surface area contributed by atoms with Crippen molar-refractivity contribution in [2.45, 2.75) is 65.6 Å². The Bertz CT molecular complexity index is 648. The Labute approximate surface area is 162 Å². The smallest absolute Gasteiger partial charge is 0.223 e. The molecule has 1 aliphatic rings. The molecule has 2 amide bonds. The largest absolute Gasteiger partial charge is 0.383 e. The summed E-state index contributed by atoms with van der Waals surface area (Å²) in [5.41, 5.74) is 0.711. The molecular formula is C20H34N4O3. The minimum Gasteiger partial charge on any atom is -0.383 e. The van der Waals surface area contributed by atoms with Gasteiger partial charge in [0.25, 0.3) is 0 Å². The monoisotopic (exact) mass is 378 g/mol. The second-order valence-electron chi connectivity index (χ2n) is 8.78. The van der Waals surface area contributed by atoms with Gasteiger partial charge in [-0.05, 0) is 26.7 Å². The van der Waals surface area contributed by atoms with Gasteiger partial charge < -0.3 is 15.0 Å². The van der Waals surface area contributed by atoms with E-state index in [4.69, 9.17) is 4.74 Å². The first-order valence-electron chi connectivity index (χ1n) is 9.73. The Kier molecular flexibility index (Phi) is 7.03. The van der Waals surface area contributed by atoms with Gasteiger partial charge in [0, 0.05) is 49.7 Å². The summed E-state index contributed by atoms with van der Waals surface area (Å²) < 4.78 is 6.96. The zero-order valence-electron chi connectivity index (χ0n) is 17.5. The number of ether oxygens (including phenoxy) is 1. The van der Waals surface area contributed by atoms with E-state index >= 15 is 0 Å². The summed E-state index contributed by atoms with van der Waals surface area (Å²) in [6.07, 6.45) is 4.76. The van der Waals surface area contributed by atoms with Crippen LogP contribution in [-0.4, -0.2) is 52.3 Å². The zero-order valence-corrected chi connectivity index (χ0v) is 17.5. The lowest BCUT2D eigenvalue weighted by atomic mass is 9.93. The maximum atomic E-state index is 12.8.